The first-order valence-electron chi connectivity index (χ1n) is 8.11. The molecule has 2 fully saturated rings. The minimum atomic E-state index is -0.231. The highest BCUT2D eigenvalue weighted by Gasteiger charge is 2.38. The van der Waals surface area contributed by atoms with Crippen LogP contribution in [0.25, 0.3) is 0 Å². The van der Waals surface area contributed by atoms with Crippen molar-refractivity contribution >= 4 is 33.4 Å². The van der Waals surface area contributed by atoms with Gasteiger partial charge in [-0.1, -0.05) is 12.1 Å². The summed E-state index contributed by atoms with van der Waals surface area (Å²) in [7, 11) is 1.94. The second kappa shape index (κ2) is 7.01. The predicted molar refractivity (Wildman–Crippen MR) is 93.3 cm³/mol. The van der Waals surface area contributed by atoms with Crippen molar-refractivity contribution in [2.75, 3.05) is 31.6 Å². The molecule has 2 saturated heterocycles. The molecule has 6 heteroatoms. The molecule has 2 amide bonds. The van der Waals surface area contributed by atoms with Crippen molar-refractivity contribution in [3.63, 3.8) is 0 Å². The van der Waals surface area contributed by atoms with Gasteiger partial charge < -0.3 is 15.1 Å². The van der Waals surface area contributed by atoms with E-state index >= 15 is 0 Å². The Hall–Kier alpha value is -1.40. The fourth-order valence-electron chi connectivity index (χ4n) is 3.45. The Kier molecular flexibility index (Phi) is 5.02. The van der Waals surface area contributed by atoms with E-state index in [0.29, 0.717) is 19.0 Å². The standard InChI is InChI=1S/C17H22BrN3O2/c1-19-13-5-4-8-20(11-13)17(23)12-9-16(22)21(10-12)15-7-3-2-6-14(15)18/h2-3,6-7,12-13,19H,4-5,8-11H2,1H3. The summed E-state index contributed by atoms with van der Waals surface area (Å²) >= 11 is 3.49. The van der Waals surface area contributed by atoms with Crippen LogP contribution in [-0.4, -0.2) is 49.4 Å². The van der Waals surface area contributed by atoms with Gasteiger partial charge in [0, 0.05) is 36.6 Å². The molecule has 1 aromatic carbocycles. The molecule has 3 rings (SSSR count). The lowest BCUT2D eigenvalue weighted by Crippen LogP contribution is -2.49. The minimum absolute atomic E-state index is 0.0254. The number of piperidine rings is 1. The van der Waals surface area contributed by atoms with Crippen LogP contribution in [0.15, 0.2) is 28.7 Å². The minimum Gasteiger partial charge on any atom is -0.341 e. The number of nitrogens with zero attached hydrogens (tertiary/aromatic N) is 2. The number of anilines is 1. The lowest BCUT2D eigenvalue weighted by Gasteiger charge is -2.34. The molecule has 0 aromatic heterocycles. The van der Waals surface area contributed by atoms with Crippen LogP contribution in [0.1, 0.15) is 19.3 Å². The molecule has 0 aliphatic carbocycles. The molecule has 2 aliphatic heterocycles. The molecule has 0 spiro atoms. The smallest absolute Gasteiger partial charge is 0.228 e. The fraction of sp³-hybridized carbons (Fsp3) is 0.529. The first kappa shape index (κ1) is 16.5. The Morgan fingerprint density at radius 1 is 1.30 bits per heavy atom. The summed E-state index contributed by atoms with van der Waals surface area (Å²) in [6, 6.07) is 8.02. The van der Waals surface area contributed by atoms with E-state index in [-0.39, 0.29) is 17.7 Å². The quantitative estimate of drug-likeness (QED) is 0.873. The zero-order valence-electron chi connectivity index (χ0n) is 13.3. The van der Waals surface area contributed by atoms with Gasteiger partial charge in [0.05, 0.1) is 11.6 Å². The van der Waals surface area contributed by atoms with Crippen LogP contribution in [0.5, 0.6) is 0 Å². The van der Waals surface area contributed by atoms with E-state index in [9.17, 15) is 9.59 Å². The monoisotopic (exact) mass is 379 g/mol. The third-order valence-electron chi connectivity index (χ3n) is 4.76. The molecule has 0 radical (unpaired) electrons. The number of hydrogen-bond acceptors (Lipinski definition) is 3. The van der Waals surface area contributed by atoms with E-state index in [4.69, 9.17) is 0 Å². The number of likely N-dealkylation sites (N-methyl/N-ethyl adjacent to an activating group) is 1. The molecule has 2 heterocycles. The summed E-state index contributed by atoms with van der Waals surface area (Å²) in [5.74, 6) is -0.0875. The number of carbonyl (C=O) groups excluding carboxylic acids is 2. The van der Waals surface area contributed by atoms with E-state index in [1.807, 2.05) is 36.2 Å². The fourth-order valence-corrected chi connectivity index (χ4v) is 3.95. The molecular formula is C17H22BrN3O2. The number of benzene rings is 1. The van der Waals surface area contributed by atoms with Gasteiger partial charge in [-0.3, -0.25) is 9.59 Å². The van der Waals surface area contributed by atoms with Crippen LogP contribution in [0.3, 0.4) is 0 Å². The van der Waals surface area contributed by atoms with Crippen LogP contribution in [0.2, 0.25) is 0 Å². The van der Waals surface area contributed by atoms with E-state index in [2.05, 4.69) is 21.2 Å². The molecule has 2 atom stereocenters. The van der Waals surface area contributed by atoms with E-state index in [1.165, 1.54) is 0 Å². The maximum Gasteiger partial charge on any atom is 0.228 e. The summed E-state index contributed by atoms with van der Waals surface area (Å²) in [5.41, 5.74) is 0.847. The molecule has 2 unspecified atom stereocenters. The summed E-state index contributed by atoms with van der Waals surface area (Å²) in [6.07, 6.45) is 2.43. The van der Waals surface area contributed by atoms with Crippen molar-refractivity contribution in [3.8, 4) is 0 Å². The van der Waals surface area contributed by atoms with Crippen LogP contribution in [-0.2, 0) is 9.59 Å². The number of para-hydroxylation sites is 1. The highest BCUT2D eigenvalue weighted by molar-refractivity contribution is 9.10. The molecule has 124 valence electrons. The first-order valence-corrected chi connectivity index (χ1v) is 8.90. The van der Waals surface area contributed by atoms with Crippen LogP contribution >= 0.6 is 15.9 Å². The largest absolute Gasteiger partial charge is 0.341 e. The van der Waals surface area contributed by atoms with E-state index in [1.54, 1.807) is 4.90 Å². The van der Waals surface area contributed by atoms with Gasteiger partial charge in [0.15, 0.2) is 0 Å². The van der Waals surface area contributed by atoms with Crippen molar-refractivity contribution in [1.82, 2.24) is 10.2 Å². The van der Waals surface area contributed by atoms with E-state index < -0.39 is 0 Å². The molecule has 0 saturated carbocycles. The molecular weight excluding hydrogens is 358 g/mol. The lowest BCUT2D eigenvalue weighted by atomic mass is 10.0. The number of likely N-dealkylation sites (tertiary alicyclic amines) is 1. The second-order valence-electron chi connectivity index (χ2n) is 6.27. The van der Waals surface area contributed by atoms with Crippen molar-refractivity contribution < 1.29 is 9.59 Å². The van der Waals surface area contributed by atoms with Crippen LogP contribution in [0, 0.1) is 5.92 Å². The molecule has 2 aliphatic rings. The summed E-state index contributed by atoms with van der Waals surface area (Å²) in [6.45, 7) is 2.02. The average molecular weight is 380 g/mol. The molecule has 23 heavy (non-hydrogen) atoms. The van der Waals surface area contributed by atoms with Crippen molar-refractivity contribution in [2.45, 2.75) is 25.3 Å². The van der Waals surface area contributed by atoms with Crippen LogP contribution in [0.4, 0.5) is 5.69 Å². The first-order chi connectivity index (χ1) is 11.1. The second-order valence-corrected chi connectivity index (χ2v) is 7.12. The summed E-state index contributed by atoms with van der Waals surface area (Å²) < 4.78 is 0.884. The van der Waals surface area contributed by atoms with Crippen molar-refractivity contribution in [3.05, 3.63) is 28.7 Å². The Morgan fingerprint density at radius 3 is 2.83 bits per heavy atom. The lowest BCUT2D eigenvalue weighted by molar-refractivity contribution is -0.137. The maximum atomic E-state index is 12.8. The Balaban J connectivity index is 1.70. The number of halogens is 1. The van der Waals surface area contributed by atoms with Gasteiger partial charge in [0.1, 0.15) is 0 Å². The van der Waals surface area contributed by atoms with Crippen molar-refractivity contribution in [1.29, 1.82) is 0 Å². The zero-order chi connectivity index (χ0) is 16.4. The average Bonchev–Trinajstić information content (AvgIpc) is 2.96. The molecule has 5 nitrogen and oxygen atoms in total. The third kappa shape index (κ3) is 3.43. The molecule has 1 aromatic rings. The number of hydrogen-bond donors (Lipinski definition) is 1. The summed E-state index contributed by atoms with van der Waals surface area (Å²) in [5, 5.41) is 3.25. The topological polar surface area (TPSA) is 52.7 Å². The maximum absolute atomic E-state index is 12.8. The van der Waals surface area contributed by atoms with Gasteiger partial charge in [-0.25, -0.2) is 0 Å². The highest BCUT2D eigenvalue weighted by atomic mass is 79.9. The third-order valence-corrected chi connectivity index (χ3v) is 5.43. The summed E-state index contributed by atoms with van der Waals surface area (Å²) in [4.78, 5) is 28.8. The van der Waals surface area contributed by atoms with Gasteiger partial charge in [0.2, 0.25) is 11.8 Å². The molecule has 0 bridgehead atoms. The Labute approximate surface area is 145 Å². The van der Waals surface area contributed by atoms with Gasteiger partial charge in [0.25, 0.3) is 0 Å². The Bertz CT molecular complexity index is 607. The van der Waals surface area contributed by atoms with Gasteiger partial charge >= 0.3 is 0 Å². The molecule has 1 N–H and O–H groups in total. The number of rotatable bonds is 3. The predicted octanol–water partition coefficient (Wildman–Crippen LogP) is 2.01. The highest BCUT2D eigenvalue weighted by Crippen LogP contribution is 2.32. The Morgan fingerprint density at radius 2 is 2.09 bits per heavy atom. The number of carbonyl (C=O) groups is 2. The normalized spacial score (nSPS) is 25.0. The van der Waals surface area contributed by atoms with Gasteiger partial charge in [-0.15, -0.1) is 0 Å². The zero-order valence-corrected chi connectivity index (χ0v) is 14.9. The van der Waals surface area contributed by atoms with Crippen LogP contribution < -0.4 is 10.2 Å². The van der Waals surface area contributed by atoms with Crippen molar-refractivity contribution in [2.24, 2.45) is 5.92 Å². The number of amides is 2. The van der Waals surface area contributed by atoms with Gasteiger partial charge in [-0.05, 0) is 48.0 Å². The number of nitrogens with one attached hydrogen (secondary N) is 1. The van der Waals surface area contributed by atoms with E-state index in [0.717, 1.165) is 36.1 Å². The SMILES string of the molecule is CNC1CCCN(C(=O)C2CC(=O)N(c3ccccc3Br)C2)C1. The van der Waals surface area contributed by atoms with Gasteiger partial charge in [-0.2, -0.15) is 0 Å².